The minimum Gasteiger partial charge on any atom is -0.444 e. The Morgan fingerprint density at radius 1 is 0.973 bits per heavy atom. The van der Waals surface area contributed by atoms with Crippen molar-refractivity contribution in [1.82, 2.24) is 20.1 Å². The number of carbonyl (C=O) groups is 2. The standard InChI is InChI=1S/C29H39N5O3/c1-29(2,3)37-28(36)34-21-23(22-34)20-30-31-26(35)14-15-32-16-18-33(19-17-32)27(24-10-6-4-7-11-24)25-12-8-5-9-13-25/h4-13,20,23,27H,14-19,21-22H2,1-3H3,(H,31,35)/b30-20+. The van der Waals surface area contributed by atoms with Crippen LogP contribution in [0.4, 0.5) is 4.79 Å². The van der Waals surface area contributed by atoms with Crippen molar-refractivity contribution >= 4 is 18.2 Å². The second-order valence-corrected chi connectivity index (χ2v) is 10.8. The van der Waals surface area contributed by atoms with Crippen LogP contribution in [0.3, 0.4) is 0 Å². The lowest BCUT2D eigenvalue weighted by atomic mass is 9.96. The number of hydrogen-bond acceptors (Lipinski definition) is 6. The second kappa shape index (κ2) is 12.3. The molecule has 2 amide bonds. The molecule has 0 aromatic heterocycles. The van der Waals surface area contributed by atoms with Gasteiger partial charge in [0, 0.05) is 64.4 Å². The highest BCUT2D eigenvalue weighted by Gasteiger charge is 2.32. The molecular formula is C29H39N5O3. The molecule has 2 aliphatic heterocycles. The number of piperazine rings is 1. The van der Waals surface area contributed by atoms with E-state index in [2.05, 4.69) is 81.0 Å². The number of benzene rings is 2. The van der Waals surface area contributed by atoms with Gasteiger partial charge < -0.3 is 14.5 Å². The Bertz CT molecular complexity index is 1000. The third-order valence-corrected chi connectivity index (χ3v) is 6.69. The van der Waals surface area contributed by atoms with Gasteiger partial charge in [0.2, 0.25) is 5.91 Å². The quantitative estimate of drug-likeness (QED) is 0.437. The molecule has 0 atom stereocenters. The second-order valence-electron chi connectivity index (χ2n) is 10.8. The molecule has 0 spiro atoms. The highest BCUT2D eigenvalue weighted by molar-refractivity contribution is 5.78. The number of rotatable bonds is 8. The van der Waals surface area contributed by atoms with Gasteiger partial charge in [-0.1, -0.05) is 60.7 Å². The fraction of sp³-hybridized carbons (Fsp3) is 0.483. The highest BCUT2D eigenvalue weighted by Crippen LogP contribution is 2.29. The largest absolute Gasteiger partial charge is 0.444 e. The van der Waals surface area contributed by atoms with Crippen LogP contribution in [0, 0.1) is 5.92 Å². The molecule has 2 fully saturated rings. The van der Waals surface area contributed by atoms with E-state index in [0.717, 1.165) is 26.2 Å². The first kappa shape index (κ1) is 26.8. The predicted octanol–water partition coefficient (Wildman–Crippen LogP) is 3.75. The van der Waals surface area contributed by atoms with Crippen LogP contribution in [-0.4, -0.2) is 84.3 Å². The van der Waals surface area contributed by atoms with Gasteiger partial charge in [0.1, 0.15) is 5.60 Å². The Kier molecular flexibility index (Phi) is 8.95. The van der Waals surface area contributed by atoms with Crippen LogP contribution in [-0.2, 0) is 9.53 Å². The molecule has 4 rings (SSSR count). The Hall–Kier alpha value is -3.23. The maximum Gasteiger partial charge on any atom is 0.410 e. The van der Waals surface area contributed by atoms with Crippen molar-refractivity contribution in [3.05, 3.63) is 71.8 Å². The van der Waals surface area contributed by atoms with Crippen molar-refractivity contribution in [3.8, 4) is 0 Å². The summed E-state index contributed by atoms with van der Waals surface area (Å²) in [6.07, 6.45) is 1.82. The van der Waals surface area contributed by atoms with Gasteiger partial charge in [-0.3, -0.25) is 9.69 Å². The van der Waals surface area contributed by atoms with Crippen LogP contribution in [0.2, 0.25) is 0 Å². The summed E-state index contributed by atoms with van der Waals surface area (Å²) in [7, 11) is 0. The first-order chi connectivity index (χ1) is 17.8. The van der Waals surface area contributed by atoms with E-state index in [9.17, 15) is 9.59 Å². The van der Waals surface area contributed by atoms with Gasteiger partial charge in [-0.05, 0) is 31.9 Å². The van der Waals surface area contributed by atoms with Crippen LogP contribution in [0.25, 0.3) is 0 Å². The number of hydrazone groups is 1. The van der Waals surface area contributed by atoms with Crippen molar-refractivity contribution < 1.29 is 14.3 Å². The van der Waals surface area contributed by atoms with Gasteiger partial charge in [-0.25, -0.2) is 10.2 Å². The molecule has 8 nitrogen and oxygen atoms in total. The lowest BCUT2D eigenvalue weighted by Gasteiger charge is -2.39. The molecular weight excluding hydrogens is 466 g/mol. The van der Waals surface area contributed by atoms with Crippen molar-refractivity contribution in [2.24, 2.45) is 11.0 Å². The zero-order valence-corrected chi connectivity index (χ0v) is 22.2. The fourth-order valence-corrected chi connectivity index (χ4v) is 4.74. The van der Waals surface area contributed by atoms with E-state index in [1.54, 1.807) is 11.1 Å². The van der Waals surface area contributed by atoms with Crippen LogP contribution < -0.4 is 5.43 Å². The van der Waals surface area contributed by atoms with E-state index in [-0.39, 0.29) is 24.0 Å². The normalized spacial score (nSPS) is 17.7. The first-order valence-electron chi connectivity index (χ1n) is 13.1. The Morgan fingerprint density at radius 2 is 1.54 bits per heavy atom. The summed E-state index contributed by atoms with van der Waals surface area (Å²) in [6.45, 7) is 11.1. The number of hydrogen-bond donors (Lipinski definition) is 1. The van der Waals surface area contributed by atoms with Crippen molar-refractivity contribution in [3.63, 3.8) is 0 Å². The Morgan fingerprint density at radius 3 is 2.08 bits per heavy atom. The van der Waals surface area contributed by atoms with Gasteiger partial charge in [-0.2, -0.15) is 5.10 Å². The summed E-state index contributed by atoms with van der Waals surface area (Å²) in [5.41, 5.74) is 4.75. The molecule has 2 aromatic carbocycles. The fourth-order valence-electron chi connectivity index (χ4n) is 4.74. The van der Waals surface area contributed by atoms with Crippen LogP contribution in [0.15, 0.2) is 65.8 Å². The molecule has 0 bridgehead atoms. The molecule has 198 valence electrons. The molecule has 1 N–H and O–H groups in total. The zero-order valence-electron chi connectivity index (χ0n) is 22.2. The van der Waals surface area contributed by atoms with E-state index in [0.29, 0.717) is 26.1 Å². The number of likely N-dealkylation sites (tertiary alicyclic amines) is 1. The number of carbonyl (C=O) groups excluding carboxylic acids is 2. The van der Waals surface area contributed by atoms with Crippen molar-refractivity contribution in [2.75, 3.05) is 45.8 Å². The summed E-state index contributed by atoms with van der Waals surface area (Å²) in [6, 6.07) is 21.6. The lowest BCUT2D eigenvalue weighted by molar-refractivity contribution is -0.121. The third kappa shape index (κ3) is 7.87. The molecule has 2 heterocycles. The minimum atomic E-state index is -0.498. The van der Waals surface area contributed by atoms with E-state index >= 15 is 0 Å². The van der Waals surface area contributed by atoms with Gasteiger partial charge >= 0.3 is 6.09 Å². The highest BCUT2D eigenvalue weighted by atomic mass is 16.6. The maximum absolute atomic E-state index is 12.3. The van der Waals surface area contributed by atoms with Gasteiger partial charge in [-0.15, -0.1) is 0 Å². The smallest absolute Gasteiger partial charge is 0.410 e. The molecule has 2 aliphatic rings. The van der Waals surface area contributed by atoms with Crippen molar-refractivity contribution in [1.29, 1.82) is 0 Å². The van der Waals surface area contributed by atoms with Crippen LogP contribution in [0.5, 0.6) is 0 Å². The number of nitrogens with one attached hydrogen (secondary N) is 1. The molecule has 0 aliphatic carbocycles. The van der Waals surface area contributed by atoms with Crippen LogP contribution >= 0.6 is 0 Å². The minimum absolute atomic E-state index is 0.0894. The molecule has 8 heteroatoms. The molecule has 2 aromatic rings. The first-order valence-corrected chi connectivity index (χ1v) is 13.1. The number of nitrogens with zero attached hydrogens (tertiary/aromatic N) is 4. The third-order valence-electron chi connectivity index (χ3n) is 6.69. The zero-order chi connectivity index (χ0) is 26.3. The monoisotopic (exact) mass is 505 g/mol. The predicted molar refractivity (Wildman–Crippen MR) is 145 cm³/mol. The van der Waals surface area contributed by atoms with E-state index in [1.165, 1.54) is 11.1 Å². The summed E-state index contributed by atoms with van der Waals surface area (Å²) in [5, 5.41) is 4.10. The average molecular weight is 506 g/mol. The average Bonchev–Trinajstić information content (AvgIpc) is 2.85. The molecule has 37 heavy (non-hydrogen) atoms. The topological polar surface area (TPSA) is 77.5 Å². The Labute approximate surface area is 220 Å². The number of ether oxygens (including phenoxy) is 1. The van der Waals surface area contributed by atoms with E-state index in [4.69, 9.17) is 4.74 Å². The van der Waals surface area contributed by atoms with Gasteiger partial charge in [0.15, 0.2) is 0 Å². The van der Waals surface area contributed by atoms with E-state index < -0.39 is 5.60 Å². The molecule has 0 saturated carbocycles. The Balaban J connectivity index is 1.17. The lowest BCUT2D eigenvalue weighted by Crippen LogP contribution is -2.52. The summed E-state index contributed by atoms with van der Waals surface area (Å²) in [4.78, 5) is 30.8. The molecule has 2 saturated heterocycles. The summed E-state index contributed by atoms with van der Waals surface area (Å²) >= 11 is 0. The maximum atomic E-state index is 12.3. The molecule has 0 unspecified atom stereocenters. The van der Waals surface area contributed by atoms with Crippen LogP contribution in [0.1, 0.15) is 44.4 Å². The summed E-state index contributed by atoms with van der Waals surface area (Å²) < 4.78 is 5.35. The number of amides is 2. The van der Waals surface area contributed by atoms with Gasteiger partial charge in [0.25, 0.3) is 0 Å². The van der Waals surface area contributed by atoms with Gasteiger partial charge in [0.05, 0.1) is 6.04 Å². The summed E-state index contributed by atoms with van der Waals surface area (Å²) in [5.74, 6) is 0.0523. The van der Waals surface area contributed by atoms with E-state index in [1.807, 2.05) is 20.8 Å². The van der Waals surface area contributed by atoms with Crippen molar-refractivity contribution in [2.45, 2.75) is 38.8 Å². The molecule has 0 radical (unpaired) electrons. The SMILES string of the molecule is CC(C)(C)OC(=O)N1CC(/C=N/NC(=O)CCN2CCN(C(c3ccccc3)c3ccccc3)CC2)C1.